The van der Waals surface area contributed by atoms with Crippen LogP contribution in [0, 0.1) is 0 Å². The molecule has 0 heterocycles. The van der Waals surface area contributed by atoms with Gasteiger partial charge in [-0.05, 0) is 38.5 Å². The molecule has 0 radical (unpaired) electrons. The Bertz CT molecular complexity index is 1150. The topological polar surface area (TPSA) is 0 Å². The van der Waals surface area contributed by atoms with Crippen LogP contribution >= 0.6 is 0 Å². The number of hydrogen-bond acceptors (Lipinski definition) is 0. The number of benzene rings is 4. The average Bonchev–Trinajstić information content (AvgIpc) is 3.18. The molecule has 0 fully saturated rings. The lowest BCUT2D eigenvalue weighted by atomic mass is 9.13. The summed E-state index contributed by atoms with van der Waals surface area (Å²) >= 11 is 0. The molecule has 0 aliphatic carbocycles. The van der Waals surface area contributed by atoms with Gasteiger partial charge in [-0.2, -0.15) is 21.9 Å². The molecule has 2 heteroatoms. The van der Waals surface area contributed by atoms with Crippen molar-refractivity contribution in [1.82, 2.24) is 0 Å². The molecular formula is C49H74BN. The Balaban J connectivity index is 0.000000275. The van der Waals surface area contributed by atoms with Gasteiger partial charge in [0.15, 0.2) is 0 Å². The summed E-state index contributed by atoms with van der Waals surface area (Å²) in [5, 5.41) is 0. The molecule has 0 aliphatic heterocycles. The minimum absolute atomic E-state index is 1.22. The van der Waals surface area contributed by atoms with Crippen LogP contribution in [0.5, 0.6) is 0 Å². The summed E-state index contributed by atoms with van der Waals surface area (Å²) < 4.78 is 1.36. The van der Waals surface area contributed by atoms with E-state index in [-0.39, 0.29) is 0 Å². The minimum Gasteiger partial charge on any atom is -0.326 e. The zero-order valence-corrected chi connectivity index (χ0v) is 33.4. The summed E-state index contributed by atoms with van der Waals surface area (Å²) in [6.45, 7) is 11.2. The highest BCUT2D eigenvalue weighted by atomic mass is 15.3. The molecule has 0 aliphatic rings. The fourth-order valence-electron chi connectivity index (χ4n) is 8.28. The SMILES string of the molecule is CCCCCCCC[N+](C)(CCCCCCCC)CCCCCCCC.c1ccc([B-](c2ccccc2)(c2ccccc2)c2ccccc2)cc1. The number of quaternary nitrogens is 1. The van der Waals surface area contributed by atoms with Crippen molar-refractivity contribution in [2.75, 3.05) is 26.7 Å². The van der Waals surface area contributed by atoms with E-state index in [1.165, 1.54) is 162 Å². The second-order valence-corrected chi connectivity index (χ2v) is 15.6. The van der Waals surface area contributed by atoms with Gasteiger partial charge in [0.05, 0.1) is 26.7 Å². The highest BCUT2D eigenvalue weighted by molar-refractivity contribution is 7.19. The average molecular weight is 688 g/mol. The molecule has 4 aromatic carbocycles. The largest absolute Gasteiger partial charge is 0.326 e. The van der Waals surface area contributed by atoms with Gasteiger partial charge in [0.1, 0.15) is 6.15 Å². The zero-order valence-electron chi connectivity index (χ0n) is 33.4. The van der Waals surface area contributed by atoms with Gasteiger partial charge in [-0.15, -0.1) is 0 Å². The molecule has 0 bridgehead atoms. The molecule has 0 amide bonds. The molecular weight excluding hydrogens is 613 g/mol. The Labute approximate surface area is 315 Å². The number of nitrogens with zero attached hydrogens (tertiary/aromatic N) is 1. The summed E-state index contributed by atoms with van der Waals surface area (Å²) in [6.07, 6.45) is 24.6. The molecule has 278 valence electrons. The van der Waals surface area contributed by atoms with Crippen molar-refractivity contribution in [3.63, 3.8) is 0 Å². The van der Waals surface area contributed by atoms with Crippen molar-refractivity contribution < 1.29 is 4.48 Å². The zero-order chi connectivity index (χ0) is 36.3. The molecule has 0 atom stereocenters. The smallest absolute Gasteiger partial charge is 0.108 e. The van der Waals surface area contributed by atoms with E-state index < -0.39 is 6.15 Å². The van der Waals surface area contributed by atoms with Crippen LogP contribution in [0.15, 0.2) is 121 Å². The maximum atomic E-state index is 2.56. The molecule has 0 unspecified atom stereocenters. The molecule has 0 N–H and O–H groups in total. The third-order valence-corrected chi connectivity index (χ3v) is 11.4. The molecule has 0 saturated heterocycles. The van der Waals surface area contributed by atoms with Gasteiger partial charge in [-0.1, -0.05) is 219 Å². The van der Waals surface area contributed by atoms with Crippen LogP contribution in [0.25, 0.3) is 0 Å². The molecule has 0 saturated carbocycles. The Kier molecular flexibility index (Phi) is 21.4. The number of rotatable bonds is 25. The third-order valence-electron chi connectivity index (χ3n) is 11.4. The van der Waals surface area contributed by atoms with Crippen LogP contribution in [0.4, 0.5) is 0 Å². The van der Waals surface area contributed by atoms with Gasteiger partial charge in [-0.3, -0.25) is 0 Å². The van der Waals surface area contributed by atoms with Gasteiger partial charge < -0.3 is 4.48 Å². The normalized spacial score (nSPS) is 11.6. The van der Waals surface area contributed by atoms with Crippen LogP contribution in [-0.2, 0) is 0 Å². The summed E-state index contributed by atoms with van der Waals surface area (Å²) in [5.74, 6) is 0. The molecule has 0 spiro atoms. The highest BCUT2D eigenvalue weighted by Gasteiger charge is 2.31. The van der Waals surface area contributed by atoms with E-state index in [0.29, 0.717) is 0 Å². The van der Waals surface area contributed by atoms with Crippen molar-refractivity contribution in [3.05, 3.63) is 121 Å². The maximum Gasteiger partial charge on any atom is 0.108 e. The van der Waals surface area contributed by atoms with E-state index >= 15 is 0 Å². The van der Waals surface area contributed by atoms with Gasteiger partial charge in [0.25, 0.3) is 0 Å². The van der Waals surface area contributed by atoms with Crippen molar-refractivity contribution >= 4 is 28.0 Å². The van der Waals surface area contributed by atoms with E-state index in [4.69, 9.17) is 0 Å². The summed E-state index contributed by atoms with van der Waals surface area (Å²) in [4.78, 5) is 0. The van der Waals surface area contributed by atoms with E-state index in [1.54, 1.807) is 0 Å². The second-order valence-electron chi connectivity index (χ2n) is 15.6. The lowest BCUT2D eigenvalue weighted by Gasteiger charge is -2.44. The summed E-state index contributed by atoms with van der Waals surface area (Å²) in [7, 11) is 2.56. The first-order valence-electron chi connectivity index (χ1n) is 21.3. The van der Waals surface area contributed by atoms with Crippen molar-refractivity contribution in [2.45, 2.75) is 136 Å². The Morgan fingerprint density at radius 1 is 0.314 bits per heavy atom. The quantitative estimate of drug-likeness (QED) is 0.0370. The second kappa shape index (κ2) is 25.8. The number of hydrogen-bond donors (Lipinski definition) is 0. The molecule has 4 aromatic rings. The van der Waals surface area contributed by atoms with Gasteiger partial charge in [-0.25, -0.2) is 0 Å². The fraction of sp³-hybridized carbons (Fsp3) is 0.510. The van der Waals surface area contributed by atoms with Crippen LogP contribution in [0.3, 0.4) is 0 Å². The Morgan fingerprint density at radius 2 is 0.529 bits per heavy atom. The molecule has 1 nitrogen and oxygen atoms in total. The Hall–Kier alpha value is -3.10. The fourth-order valence-corrected chi connectivity index (χ4v) is 8.28. The van der Waals surface area contributed by atoms with Crippen molar-refractivity contribution in [2.24, 2.45) is 0 Å². The maximum absolute atomic E-state index is 2.56. The molecule has 51 heavy (non-hydrogen) atoms. The highest BCUT2D eigenvalue weighted by Crippen LogP contribution is 2.16. The Morgan fingerprint density at radius 3 is 0.765 bits per heavy atom. The first kappa shape index (κ1) is 42.3. The van der Waals surface area contributed by atoms with E-state index in [9.17, 15) is 0 Å². The van der Waals surface area contributed by atoms with E-state index in [2.05, 4.69) is 149 Å². The van der Waals surface area contributed by atoms with Gasteiger partial charge >= 0.3 is 0 Å². The molecule has 0 aromatic heterocycles. The van der Waals surface area contributed by atoms with Crippen LogP contribution in [-0.4, -0.2) is 37.3 Å². The van der Waals surface area contributed by atoms with Gasteiger partial charge in [0.2, 0.25) is 0 Å². The predicted molar refractivity (Wildman–Crippen MR) is 231 cm³/mol. The summed E-state index contributed by atoms with van der Waals surface area (Å²) in [5.41, 5.74) is 5.36. The predicted octanol–water partition coefficient (Wildman–Crippen LogP) is 11.6. The molecule has 4 rings (SSSR count). The first-order chi connectivity index (χ1) is 25.1. The summed E-state index contributed by atoms with van der Waals surface area (Å²) in [6, 6.07) is 43.5. The monoisotopic (exact) mass is 688 g/mol. The van der Waals surface area contributed by atoms with Crippen molar-refractivity contribution in [1.29, 1.82) is 0 Å². The number of unbranched alkanes of at least 4 members (excludes halogenated alkanes) is 15. The lowest BCUT2D eigenvalue weighted by Crippen LogP contribution is -2.74. The van der Waals surface area contributed by atoms with Crippen LogP contribution in [0.1, 0.15) is 136 Å². The van der Waals surface area contributed by atoms with E-state index in [0.717, 1.165) is 0 Å². The van der Waals surface area contributed by atoms with Gasteiger partial charge in [0, 0.05) is 0 Å². The lowest BCUT2D eigenvalue weighted by molar-refractivity contribution is -0.910. The van der Waals surface area contributed by atoms with Crippen LogP contribution in [0.2, 0.25) is 0 Å². The standard InChI is InChI=1S/C25H54N.C24H20B/c1-5-8-11-14-17-20-23-26(4,24-21-18-15-12-9-6-2)25-22-19-16-13-10-7-3;1-5-13-21(14-6-1)25(22-15-7-2-8-16-22,23-17-9-3-10-18-23)24-19-11-4-12-20-24/h5-25H2,1-4H3;1-20H/q+1;-1. The minimum atomic E-state index is -1.22. The van der Waals surface area contributed by atoms with E-state index in [1.807, 2.05) is 0 Å². The third kappa shape index (κ3) is 14.8. The van der Waals surface area contributed by atoms with Crippen LogP contribution < -0.4 is 21.9 Å². The van der Waals surface area contributed by atoms with Crippen molar-refractivity contribution in [3.8, 4) is 0 Å². The first-order valence-corrected chi connectivity index (χ1v) is 21.3.